The number of quaternary nitrogens is 1. The molecule has 0 radical (unpaired) electrons. The lowest BCUT2D eigenvalue weighted by Crippen LogP contribution is -3.08. The molecule has 2 rings (SSSR count). The number of likely N-dealkylation sites (N-methyl/N-ethyl adjacent to an activating group) is 1. The number of carbonyl (C=O) groups excluding carboxylic acids is 1. The zero-order chi connectivity index (χ0) is 15.4. The Morgan fingerprint density at radius 1 is 1.33 bits per heavy atom. The summed E-state index contributed by atoms with van der Waals surface area (Å²) in [6, 6.07) is 9.09. The molecule has 0 aliphatic heterocycles. The minimum atomic E-state index is -0.0765. The summed E-state index contributed by atoms with van der Waals surface area (Å²) in [5, 5.41) is 3.79. The van der Waals surface area contributed by atoms with Gasteiger partial charge >= 0.3 is 0 Å². The summed E-state index contributed by atoms with van der Waals surface area (Å²) >= 11 is 17.0. The maximum Gasteiger partial charge on any atom is 0.279 e. The average molecular weight is 409 g/mol. The molecule has 2 aromatic rings. The van der Waals surface area contributed by atoms with Crippen LogP contribution in [0.3, 0.4) is 0 Å². The molecule has 3 nitrogen and oxygen atoms in total. The van der Waals surface area contributed by atoms with E-state index in [1.165, 1.54) is 4.88 Å². The van der Waals surface area contributed by atoms with E-state index < -0.39 is 0 Å². The first-order valence-electron chi connectivity index (χ1n) is 6.24. The predicted molar refractivity (Wildman–Crippen MR) is 92.6 cm³/mol. The Bertz CT molecular complexity index is 648. The Morgan fingerprint density at radius 2 is 2.10 bits per heavy atom. The fraction of sp³-hybridized carbons (Fsp3) is 0.214. The van der Waals surface area contributed by atoms with Gasteiger partial charge in [0.1, 0.15) is 6.54 Å². The molecule has 1 atom stereocenters. The minimum absolute atomic E-state index is 0.0765. The third-order valence-electron chi connectivity index (χ3n) is 2.77. The fourth-order valence-electron chi connectivity index (χ4n) is 1.87. The normalized spacial score (nSPS) is 12.2. The van der Waals surface area contributed by atoms with E-state index in [-0.39, 0.29) is 5.91 Å². The summed E-state index contributed by atoms with van der Waals surface area (Å²) in [6.07, 6.45) is 0. The van der Waals surface area contributed by atoms with Gasteiger partial charge in [-0.3, -0.25) is 4.79 Å². The lowest BCUT2D eigenvalue weighted by atomic mass is 10.3. The highest BCUT2D eigenvalue weighted by molar-refractivity contribution is 9.11. The molecule has 0 saturated carbocycles. The van der Waals surface area contributed by atoms with Crippen molar-refractivity contribution in [1.82, 2.24) is 0 Å². The van der Waals surface area contributed by atoms with Crippen molar-refractivity contribution >= 4 is 62.1 Å². The summed E-state index contributed by atoms with van der Waals surface area (Å²) < 4.78 is 1.10. The van der Waals surface area contributed by atoms with Crippen molar-refractivity contribution in [3.63, 3.8) is 0 Å². The molecule has 2 N–H and O–H groups in total. The van der Waals surface area contributed by atoms with Crippen LogP contribution in [0.4, 0.5) is 5.69 Å². The molecule has 0 saturated heterocycles. The molecule has 0 spiro atoms. The first-order chi connectivity index (χ1) is 9.94. The van der Waals surface area contributed by atoms with Crippen molar-refractivity contribution in [3.05, 3.63) is 49.0 Å². The van der Waals surface area contributed by atoms with Gasteiger partial charge in [-0.15, -0.1) is 11.3 Å². The molecular formula is C14H14BrCl2N2OS+. The number of benzene rings is 1. The van der Waals surface area contributed by atoms with E-state index in [1.807, 2.05) is 13.1 Å². The van der Waals surface area contributed by atoms with Gasteiger partial charge in [-0.25, -0.2) is 0 Å². The monoisotopic (exact) mass is 407 g/mol. The molecule has 1 aromatic heterocycles. The number of thiophene rings is 1. The van der Waals surface area contributed by atoms with E-state index in [1.54, 1.807) is 29.5 Å². The van der Waals surface area contributed by atoms with Gasteiger partial charge in [0.25, 0.3) is 5.91 Å². The lowest BCUT2D eigenvalue weighted by molar-refractivity contribution is -0.884. The quantitative estimate of drug-likeness (QED) is 0.780. The molecule has 1 amide bonds. The average Bonchev–Trinajstić information content (AvgIpc) is 2.78. The summed E-state index contributed by atoms with van der Waals surface area (Å²) in [7, 11) is 1.98. The van der Waals surface area contributed by atoms with E-state index in [2.05, 4.69) is 27.3 Å². The van der Waals surface area contributed by atoms with Crippen LogP contribution >= 0.6 is 50.5 Å². The Labute approximate surface area is 146 Å². The van der Waals surface area contributed by atoms with Crippen molar-refractivity contribution in [1.29, 1.82) is 0 Å². The zero-order valence-corrected chi connectivity index (χ0v) is 15.2. The molecule has 112 valence electrons. The van der Waals surface area contributed by atoms with Gasteiger partial charge in [0.05, 0.1) is 26.4 Å². The Hall–Kier alpha value is -0.590. The van der Waals surface area contributed by atoms with Gasteiger partial charge in [0.2, 0.25) is 0 Å². The number of hydrogen-bond acceptors (Lipinski definition) is 2. The third kappa shape index (κ3) is 5.27. The van der Waals surface area contributed by atoms with Crippen LogP contribution < -0.4 is 10.2 Å². The highest BCUT2D eigenvalue weighted by atomic mass is 79.9. The molecule has 1 unspecified atom stereocenters. The number of nitrogens with one attached hydrogen (secondary N) is 2. The van der Waals surface area contributed by atoms with Crippen molar-refractivity contribution < 1.29 is 9.69 Å². The van der Waals surface area contributed by atoms with Crippen LogP contribution in [0, 0.1) is 0 Å². The van der Waals surface area contributed by atoms with Crippen LogP contribution in [-0.2, 0) is 11.3 Å². The molecule has 21 heavy (non-hydrogen) atoms. The van der Waals surface area contributed by atoms with Crippen molar-refractivity contribution in [2.24, 2.45) is 0 Å². The van der Waals surface area contributed by atoms with Gasteiger partial charge in [-0.2, -0.15) is 0 Å². The predicted octanol–water partition coefficient (Wildman–Crippen LogP) is 3.47. The van der Waals surface area contributed by atoms with Crippen LogP contribution in [0.15, 0.2) is 34.1 Å². The Kier molecular flexibility index (Phi) is 6.08. The second kappa shape index (κ2) is 7.61. The number of amides is 1. The number of anilines is 1. The number of rotatable bonds is 5. The number of halogens is 3. The molecule has 0 bridgehead atoms. The molecule has 0 aliphatic carbocycles. The van der Waals surface area contributed by atoms with Gasteiger partial charge in [0, 0.05) is 5.02 Å². The summed E-state index contributed by atoms with van der Waals surface area (Å²) in [4.78, 5) is 14.4. The maximum atomic E-state index is 12.0. The SMILES string of the molecule is C[NH+](CC(=O)Nc1ccc(Cl)cc1Cl)Cc1ccc(Br)s1. The second-order valence-electron chi connectivity index (χ2n) is 4.69. The molecular weight excluding hydrogens is 395 g/mol. The minimum Gasteiger partial charge on any atom is -0.325 e. The van der Waals surface area contributed by atoms with Gasteiger partial charge < -0.3 is 10.2 Å². The molecule has 0 fully saturated rings. The van der Waals surface area contributed by atoms with Crippen LogP contribution in [0.2, 0.25) is 10.0 Å². The maximum absolute atomic E-state index is 12.0. The standard InChI is InChI=1S/C14H13BrCl2N2OS/c1-19(7-10-3-5-13(15)21-10)8-14(20)18-12-4-2-9(16)6-11(12)17/h2-6H,7-8H2,1H3,(H,18,20)/p+1. The third-order valence-corrected chi connectivity index (χ3v) is 4.94. The van der Waals surface area contributed by atoms with Gasteiger partial charge in [0.15, 0.2) is 6.54 Å². The molecule has 1 heterocycles. The van der Waals surface area contributed by atoms with Crippen LogP contribution in [0.25, 0.3) is 0 Å². The Balaban J connectivity index is 1.89. The van der Waals surface area contributed by atoms with Crippen LogP contribution in [0.1, 0.15) is 4.88 Å². The molecule has 1 aromatic carbocycles. The Morgan fingerprint density at radius 3 is 2.71 bits per heavy atom. The van der Waals surface area contributed by atoms with Crippen LogP contribution in [-0.4, -0.2) is 19.5 Å². The first-order valence-corrected chi connectivity index (χ1v) is 8.61. The second-order valence-corrected chi connectivity index (χ2v) is 8.08. The van der Waals surface area contributed by atoms with E-state index in [9.17, 15) is 4.79 Å². The van der Waals surface area contributed by atoms with Gasteiger partial charge in [-0.05, 0) is 46.3 Å². The first kappa shape index (κ1) is 16.8. The molecule has 0 aliphatic rings. The van der Waals surface area contributed by atoms with Crippen molar-refractivity contribution in [2.45, 2.75) is 6.54 Å². The summed E-state index contributed by atoms with van der Waals surface area (Å²) in [5.41, 5.74) is 0.581. The zero-order valence-electron chi connectivity index (χ0n) is 11.3. The topological polar surface area (TPSA) is 33.5 Å². The summed E-state index contributed by atoms with van der Waals surface area (Å²) in [5.74, 6) is -0.0765. The van der Waals surface area contributed by atoms with Crippen molar-refractivity contribution in [2.75, 3.05) is 18.9 Å². The smallest absolute Gasteiger partial charge is 0.279 e. The summed E-state index contributed by atoms with van der Waals surface area (Å²) in [6.45, 7) is 1.17. The van der Waals surface area contributed by atoms with E-state index in [4.69, 9.17) is 23.2 Å². The van der Waals surface area contributed by atoms with E-state index >= 15 is 0 Å². The van der Waals surface area contributed by atoms with E-state index in [0.29, 0.717) is 22.3 Å². The van der Waals surface area contributed by atoms with E-state index in [0.717, 1.165) is 15.2 Å². The molecule has 7 heteroatoms. The highest BCUT2D eigenvalue weighted by Gasteiger charge is 2.13. The fourth-order valence-corrected chi connectivity index (χ4v) is 3.92. The number of hydrogen-bond donors (Lipinski definition) is 2. The number of carbonyl (C=O) groups is 1. The van der Waals surface area contributed by atoms with Crippen molar-refractivity contribution in [3.8, 4) is 0 Å². The highest BCUT2D eigenvalue weighted by Crippen LogP contribution is 2.25. The van der Waals surface area contributed by atoms with Crippen LogP contribution in [0.5, 0.6) is 0 Å². The lowest BCUT2D eigenvalue weighted by Gasteiger charge is -2.13. The largest absolute Gasteiger partial charge is 0.325 e. The van der Waals surface area contributed by atoms with Gasteiger partial charge in [-0.1, -0.05) is 23.2 Å².